The van der Waals surface area contributed by atoms with Crippen molar-refractivity contribution in [3.05, 3.63) is 12.7 Å². The summed E-state index contributed by atoms with van der Waals surface area (Å²) < 4.78 is 0. The maximum atomic E-state index is 10.6. The first kappa shape index (κ1) is 9.26. The molecule has 1 fully saturated rings. The molecule has 1 saturated heterocycles. The van der Waals surface area contributed by atoms with E-state index < -0.39 is 12.0 Å². The number of hydrogen-bond acceptors (Lipinski definition) is 1. The first-order valence-electron chi connectivity index (χ1n) is 4.24. The SMILES string of the molecule is C=CCC1CC[N]C(C(=O)O)C1. The average Bonchev–Trinajstić information content (AvgIpc) is 2.05. The van der Waals surface area contributed by atoms with Crippen LogP contribution in [0.2, 0.25) is 0 Å². The van der Waals surface area contributed by atoms with Gasteiger partial charge in [0.1, 0.15) is 6.04 Å². The number of piperidine rings is 1. The van der Waals surface area contributed by atoms with Gasteiger partial charge in [0.25, 0.3) is 0 Å². The number of carbonyl (C=O) groups is 1. The summed E-state index contributed by atoms with van der Waals surface area (Å²) in [5.41, 5.74) is 0. The monoisotopic (exact) mass is 168 g/mol. The molecule has 0 aromatic heterocycles. The lowest BCUT2D eigenvalue weighted by Crippen LogP contribution is -2.38. The first-order chi connectivity index (χ1) is 5.74. The Hall–Kier alpha value is -0.830. The van der Waals surface area contributed by atoms with Gasteiger partial charge in [0, 0.05) is 6.54 Å². The molecule has 0 bridgehead atoms. The van der Waals surface area contributed by atoms with E-state index in [0.29, 0.717) is 18.9 Å². The highest BCUT2D eigenvalue weighted by molar-refractivity contribution is 5.73. The lowest BCUT2D eigenvalue weighted by molar-refractivity contribution is -0.140. The van der Waals surface area contributed by atoms with Crippen LogP contribution in [0, 0.1) is 5.92 Å². The van der Waals surface area contributed by atoms with E-state index in [1.54, 1.807) is 0 Å². The number of carboxylic acids is 1. The molecule has 1 aliphatic heterocycles. The Bertz CT molecular complexity index is 179. The van der Waals surface area contributed by atoms with Gasteiger partial charge in [-0.05, 0) is 25.2 Å². The van der Waals surface area contributed by atoms with Crippen LogP contribution in [0.5, 0.6) is 0 Å². The van der Waals surface area contributed by atoms with Crippen LogP contribution in [0.15, 0.2) is 12.7 Å². The fourth-order valence-electron chi connectivity index (χ4n) is 1.55. The van der Waals surface area contributed by atoms with Crippen LogP contribution in [-0.4, -0.2) is 23.7 Å². The Balaban J connectivity index is 2.39. The fourth-order valence-corrected chi connectivity index (χ4v) is 1.55. The van der Waals surface area contributed by atoms with Crippen molar-refractivity contribution < 1.29 is 9.90 Å². The Morgan fingerprint density at radius 2 is 2.50 bits per heavy atom. The predicted molar refractivity (Wildman–Crippen MR) is 46.0 cm³/mol. The van der Waals surface area contributed by atoms with Crippen LogP contribution < -0.4 is 5.32 Å². The van der Waals surface area contributed by atoms with Gasteiger partial charge in [-0.1, -0.05) is 6.08 Å². The maximum absolute atomic E-state index is 10.6. The highest BCUT2D eigenvalue weighted by Gasteiger charge is 2.26. The maximum Gasteiger partial charge on any atom is 0.322 e. The zero-order chi connectivity index (χ0) is 8.97. The Morgan fingerprint density at radius 1 is 1.75 bits per heavy atom. The van der Waals surface area contributed by atoms with Gasteiger partial charge >= 0.3 is 5.97 Å². The van der Waals surface area contributed by atoms with Gasteiger partial charge in [-0.15, -0.1) is 6.58 Å². The number of carboxylic acid groups (broad SMARTS) is 1. The molecule has 2 unspecified atom stereocenters. The Kier molecular flexibility index (Phi) is 3.29. The second-order valence-corrected chi connectivity index (χ2v) is 3.17. The molecule has 3 nitrogen and oxygen atoms in total. The van der Waals surface area contributed by atoms with Gasteiger partial charge in [-0.2, -0.15) is 0 Å². The van der Waals surface area contributed by atoms with Crippen molar-refractivity contribution in [2.45, 2.75) is 25.3 Å². The van der Waals surface area contributed by atoms with E-state index in [1.165, 1.54) is 0 Å². The van der Waals surface area contributed by atoms with E-state index in [9.17, 15) is 4.79 Å². The van der Waals surface area contributed by atoms with Crippen molar-refractivity contribution in [1.29, 1.82) is 0 Å². The summed E-state index contributed by atoms with van der Waals surface area (Å²) in [4.78, 5) is 10.6. The van der Waals surface area contributed by atoms with E-state index >= 15 is 0 Å². The van der Waals surface area contributed by atoms with Gasteiger partial charge in [-0.3, -0.25) is 4.79 Å². The molecule has 0 saturated carbocycles. The number of rotatable bonds is 3. The van der Waals surface area contributed by atoms with Crippen molar-refractivity contribution in [2.24, 2.45) is 5.92 Å². The summed E-state index contributed by atoms with van der Waals surface area (Å²) >= 11 is 0. The first-order valence-corrected chi connectivity index (χ1v) is 4.24. The highest BCUT2D eigenvalue weighted by atomic mass is 16.4. The van der Waals surface area contributed by atoms with Crippen LogP contribution in [0.1, 0.15) is 19.3 Å². The molecule has 3 heteroatoms. The Labute approximate surface area is 72.5 Å². The average molecular weight is 168 g/mol. The van der Waals surface area contributed by atoms with Crippen LogP contribution in [0.4, 0.5) is 0 Å². The van der Waals surface area contributed by atoms with Gasteiger partial charge in [0.2, 0.25) is 0 Å². The van der Waals surface area contributed by atoms with Crippen LogP contribution in [0.25, 0.3) is 0 Å². The second kappa shape index (κ2) is 4.26. The van der Waals surface area contributed by atoms with E-state index in [-0.39, 0.29) is 0 Å². The standard InChI is InChI=1S/C9H14NO2/c1-2-3-7-4-5-10-8(6-7)9(11)12/h2,7-8H,1,3-6H2,(H,11,12). The molecule has 67 valence electrons. The van der Waals surface area contributed by atoms with Gasteiger partial charge in [-0.25, -0.2) is 5.32 Å². The van der Waals surface area contributed by atoms with Gasteiger partial charge < -0.3 is 5.11 Å². The summed E-state index contributed by atoms with van der Waals surface area (Å²) in [6, 6.07) is -0.469. The molecule has 0 amide bonds. The number of allylic oxidation sites excluding steroid dienone is 1. The van der Waals surface area contributed by atoms with E-state index in [4.69, 9.17) is 5.11 Å². The summed E-state index contributed by atoms with van der Waals surface area (Å²) in [7, 11) is 0. The summed E-state index contributed by atoms with van der Waals surface area (Å²) in [6.07, 6.45) is 4.46. The molecule has 1 rings (SSSR count). The lowest BCUT2D eigenvalue weighted by atomic mass is 9.90. The zero-order valence-corrected chi connectivity index (χ0v) is 7.07. The summed E-state index contributed by atoms with van der Waals surface area (Å²) in [5.74, 6) is -0.315. The number of aliphatic carboxylic acids is 1. The summed E-state index contributed by atoms with van der Waals surface area (Å²) in [5, 5.41) is 12.7. The van der Waals surface area contributed by atoms with Gasteiger partial charge in [0.15, 0.2) is 0 Å². The molecule has 0 aromatic rings. The third kappa shape index (κ3) is 2.34. The van der Waals surface area contributed by atoms with Gasteiger partial charge in [0.05, 0.1) is 0 Å². The van der Waals surface area contributed by atoms with Crippen molar-refractivity contribution in [2.75, 3.05) is 6.54 Å². The molecule has 1 aliphatic rings. The van der Waals surface area contributed by atoms with Crippen molar-refractivity contribution in [1.82, 2.24) is 5.32 Å². The minimum Gasteiger partial charge on any atom is -0.480 e. The quantitative estimate of drug-likeness (QED) is 0.640. The van der Waals surface area contributed by atoms with Crippen LogP contribution >= 0.6 is 0 Å². The predicted octanol–water partition coefficient (Wildman–Crippen LogP) is 1.03. The molecule has 0 spiro atoms. The summed E-state index contributed by atoms with van der Waals surface area (Å²) in [6.45, 7) is 4.34. The highest BCUT2D eigenvalue weighted by Crippen LogP contribution is 2.20. The molecular formula is C9H14NO2. The molecule has 1 radical (unpaired) electrons. The number of hydrogen-bond donors (Lipinski definition) is 1. The minimum absolute atomic E-state index is 0.469. The van der Waals surface area contributed by atoms with E-state index in [0.717, 1.165) is 12.8 Å². The van der Waals surface area contributed by atoms with E-state index in [1.807, 2.05) is 6.08 Å². The van der Waals surface area contributed by atoms with Crippen LogP contribution in [0.3, 0.4) is 0 Å². The molecule has 2 atom stereocenters. The lowest BCUT2D eigenvalue weighted by Gasteiger charge is -2.25. The van der Waals surface area contributed by atoms with Crippen LogP contribution in [-0.2, 0) is 4.79 Å². The van der Waals surface area contributed by atoms with Crippen molar-refractivity contribution in [3.63, 3.8) is 0 Å². The largest absolute Gasteiger partial charge is 0.480 e. The third-order valence-electron chi connectivity index (χ3n) is 2.23. The molecule has 1 N–H and O–H groups in total. The smallest absolute Gasteiger partial charge is 0.322 e. The zero-order valence-electron chi connectivity index (χ0n) is 7.07. The normalized spacial score (nSPS) is 29.7. The molecule has 1 heterocycles. The fraction of sp³-hybridized carbons (Fsp3) is 0.667. The third-order valence-corrected chi connectivity index (χ3v) is 2.23. The van der Waals surface area contributed by atoms with Crippen molar-refractivity contribution in [3.8, 4) is 0 Å². The molecular weight excluding hydrogens is 154 g/mol. The van der Waals surface area contributed by atoms with Crippen molar-refractivity contribution >= 4 is 5.97 Å². The molecule has 0 aromatic carbocycles. The number of nitrogens with zero attached hydrogens (tertiary/aromatic N) is 1. The molecule has 12 heavy (non-hydrogen) atoms. The minimum atomic E-state index is -0.788. The second-order valence-electron chi connectivity index (χ2n) is 3.17. The topological polar surface area (TPSA) is 51.4 Å². The Morgan fingerprint density at radius 3 is 3.08 bits per heavy atom. The molecule has 0 aliphatic carbocycles. The van der Waals surface area contributed by atoms with E-state index in [2.05, 4.69) is 11.9 Å².